The normalized spacial score (nSPS) is 18.3. The van der Waals surface area contributed by atoms with Crippen molar-refractivity contribution >= 4 is 35.6 Å². The highest BCUT2D eigenvalue weighted by atomic mass is 35.5. The first-order valence-electron chi connectivity index (χ1n) is 9.89. The Morgan fingerprint density at radius 3 is 2.44 bits per heavy atom. The van der Waals surface area contributed by atoms with Crippen LogP contribution in [0.2, 0.25) is 0 Å². The molecule has 3 rings (SSSR count). The molecule has 27 heavy (non-hydrogen) atoms. The number of halogens is 1. The topological polar surface area (TPSA) is 79.5 Å². The van der Waals surface area contributed by atoms with Crippen LogP contribution in [0, 0.1) is 5.92 Å². The molecule has 0 atom stereocenters. The maximum absolute atomic E-state index is 12.6. The zero-order valence-corrected chi connectivity index (χ0v) is 17.5. The molecule has 0 unspecified atom stereocenters. The van der Waals surface area contributed by atoms with Gasteiger partial charge in [-0.25, -0.2) is 4.98 Å². The zero-order chi connectivity index (χ0) is 18.4. The van der Waals surface area contributed by atoms with Gasteiger partial charge >= 0.3 is 0 Å². The van der Waals surface area contributed by atoms with Crippen molar-refractivity contribution in [3.63, 3.8) is 0 Å². The third kappa shape index (κ3) is 6.16. The van der Waals surface area contributed by atoms with Crippen LogP contribution in [0.5, 0.6) is 0 Å². The molecule has 0 spiro atoms. The number of amides is 2. The number of hydrogen-bond acceptors (Lipinski definition) is 5. The number of thiazole rings is 1. The summed E-state index contributed by atoms with van der Waals surface area (Å²) in [7, 11) is 0. The molecule has 6 nitrogen and oxygen atoms in total. The molecule has 0 radical (unpaired) electrons. The van der Waals surface area contributed by atoms with Crippen LogP contribution in [-0.4, -0.2) is 59.3 Å². The van der Waals surface area contributed by atoms with Crippen molar-refractivity contribution in [2.24, 2.45) is 11.7 Å². The van der Waals surface area contributed by atoms with Crippen molar-refractivity contribution in [2.45, 2.75) is 51.4 Å². The van der Waals surface area contributed by atoms with Crippen LogP contribution < -0.4 is 5.73 Å². The fourth-order valence-electron chi connectivity index (χ4n) is 3.93. The Kier molecular flexibility index (Phi) is 8.99. The first kappa shape index (κ1) is 22.1. The van der Waals surface area contributed by atoms with Gasteiger partial charge in [-0.05, 0) is 18.9 Å². The van der Waals surface area contributed by atoms with Gasteiger partial charge < -0.3 is 15.5 Å². The molecule has 152 valence electrons. The highest BCUT2D eigenvalue weighted by Gasteiger charge is 2.26. The summed E-state index contributed by atoms with van der Waals surface area (Å²) in [5, 5.41) is 2.72. The van der Waals surface area contributed by atoms with Gasteiger partial charge in [0, 0.05) is 44.4 Å². The average Bonchev–Trinajstić information content (AvgIpc) is 3.15. The predicted molar refractivity (Wildman–Crippen MR) is 110 cm³/mol. The summed E-state index contributed by atoms with van der Waals surface area (Å²) in [6.45, 7) is 3.00. The van der Waals surface area contributed by atoms with Crippen LogP contribution in [0.15, 0.2) is 5.38 Å². The molecule has 1 aliphatic carbocycles. The van der Waals surface area contributed by atoms with E-state index in [1.54, 1.807) is 0 Å². The largest absolute Gasteiger partial charge is 0.339 e. The fourth-order valence-corrected chi connectivity index (χ4v) is 4.72. The van der Waals surface area contributed by atoms with Crippen molar-refractivity contribution in [1.29, 1.82) is 0 Å². The van der Waals surface area contributed by atoms with Gasteiger partial charge in [0.1, 0.15) is 5.69 Å². The lowest BCUT2D eigenvalue weighted by Crippen LogP contribution is -2.50. The summed E-state index contributed by atoms with van der Waals surface area (Å²) >= 11 is 1.49. The molecule has 2 amide bonds. The van der Waals surface area contributed by atoms with E-state index in [1.165, 1.54) is 43.4 Å². The number of aromatic nitrogens is 1. The first-order valence-corrected chi connectivity index (χ1v) is 10.8. The molecule has 1 saturated carbocycles. The van der Waals surface area contributed by atoms with E-state index in [9.17, 15) is 9.59 Å². The molecular weight excluding hydrogens is 384 g/mol. The lowest BCUT2D eigenvalue weighted by Gasteiger charge is -2.35. The molecular formula is C19H31ClN4O2S. The molecule has 2 fully saturated rings. The third-order valence-corrected chi connectivity index (χ3v) is 6.45. The van der Waals surface area contributed by atoms with Gasteiger partial charge in [-0.15, -0.1) is 23.7 Å². The number of carbonyl (C=O) groups is 2. The third-order valence-electron chi connectivity index (χ3n) is 5.54. The molecule has 2 heterocycles. The Hall–Kier alpha value is -1.18. The number of hydrogen-bond donors (Lipinski definition) is 1. The molecule has 1 saturated heterocycles. The van der Waals surface area contributed by atoms with E-state index in [-0.39, 0.29) is 24.2 Å². The molecule has 2 aliphatic rings. The number of rotatable bonds is 6. The van der Waals surface area contributed by atoms with E-state index in [0.717, 1.165) is 17.3 Å². The minimum absolute atomic E-state index is 0. The Morgan fingerprint density at radius 1 is 1.11 bits per heavy atom. The van der Waals surface area contributed by atoms with Crippen molar-refractivity contribution in [2.75, 3.05) is 32.7 Å². The molecule has 0 bridgehead atoms. The zero-order valence-electron chi connectivity index (χ0n) is 15.9. The van der Waals surface area contributed by atoms with E-state index in [4.69, 9.17) is 5.73 Å². The Balaban J connectivity index is 0.00000261. The highest BCUT2D eigenvalue weighted by molar-refractivity contribution is 7.09. The van der Waals surface area contributed by atoms with Crippen molar-refractivity contribution in [1.82, 2.24) is 14.8 Å². The summed E-state index contributed by atoms with van der Waals surface area (Å²) in [6.07, 6.45) is 8.97. The van der Waals surface area contributed by atoms with Gasteiger partial charge in [-0.1, -0.05) is 32.1 Å². The minimum atomic E-state index is -0.0289. The van der Waals surface area contributed by atoms with Gasteiger partial charge in [-0.2, -0.15) is 0 Å². The van der Waals surface area contributed by atoms with Crippen molar-refractivity contribution in [3.05, 3.63) is 16.1 Å². The van der Waals surface area contributed by atoms with Gasteiger partial charge in [0.25, 0.3) is 5.91 Å². The molecule has 1 aromatic heterocycles. The number of nitrogens with two attached hydrogens (primary N) is 1. The van der Waals surface area contributed by atoms with Gasteiger partial charge in [0.15, 0.2) is 0 Å². The van der Waals surface area contributed by atoms with E-state index >= 15 is 0 Å². The standard InChI is InChI=1S/C19H30N4O2S.ClH/c20-9-8-17-21-16(14-26-17)19(25)23-12-10-22(11-13-23)18(24)7-6-15-4-2-1-3-5-15;/h14-15H,1-13,20H2;1H. The second-order valence-electron chi connectivity index (χ2n) is 7.38. The van der Waals surface area contributed by atoms with Crippen molar-refractivity contribution < 1.29 is 9.59 Å². The second kappa shape index (κ2) is 11.0. The summed E-state index contributed by atoms with van der Waals surface area (Å²) in [5.74, 6) is 0.961. The predicted octanol–water partition coefficient (Wildman–Crippen LogP) is 2.71. The smallest absolute Gasteiger partial charge is 0.273 e. The quantitative estimate of drug-likeness (QED) is 0.776. The Bertz CT molecular complexity index is 611. The van der Waals surface area contributed by atoms with Gasteiger partial charge in [0.05, 0.1) is 5.01 Å². The lowest BCUT2D eigenvalue weighted by atomic mass is 9.86. The van der Waals surface area contributed by atoms with E-state index < -0.39 is 0 Å². The van der Waals surface area contributed by atoms with Crippen LogP contribution in [0.25, 0.3) is 0 Å². The van der Waals surface area contributed by atoms with Crippen LogP contribution >= 0.6 is 23.7 Å². The maximum Gasteiger partial charge on any atom is 0.273 e. The Labute approximate surface area is 171 Å². The molecule has 2 N–H and O–H groups in total. The average molecular weight is 415 g/mol. The molecule has 8 heteroatoms. The van der Waals surface area contributed by atoms with Crippen molar-refractivity contribution in [3.8, 4) is 0 Å². The second-order valence-corrected chi connectivity index (χ2v) is 8.32. The summed E-state index contributed by atoms with van der Waals surface area (Å²) in [5.41, 5.74) is 6.05. The van der Waals surface area contributed by atoms with E-state index in [2.05, 4.69) is 4.98 Å². The number of carbonyl (C=O) groups excluding carboxylic acids is 2. The summed E-state index contributed by atoms with van der Waals surface area (Å²) in [6, 6.07) is 0. The lowest BCUT2D eigenvalue weighted by molar-refractivity contribution is -0.133. The summed E-state index contributed by atoms with van der Waals surface area (Å²) in [4.78, 5) is 33.1. The number of nitrogens with zero attached hydrogens (tertiary/aromatic N) is 3. The summed E-state index contributed by atoms with van der Waals surface area (Å²) < 4.78 is 0. The van der Waals surface area contributed by atoms with Gasteiger partial charge in [-0.3, -0.25) is 9.59 Å². The molecule has 0 aromatic carbocycles. The SMILES string of the molecule is Cl.NCCc1nc(C(=O)N2CCN(C(=O)CCC3CCCCC3)CC2)cs1. The minimum Gasteiger partial charge on any atom is -0.339 e. The fraction of sp³-hybridized carbons (Fsp3) is 0.737. The van der Waals surface area contributed by atoms with Crippen LogP contribution in [0.4, 0.5) is 0 Å². The molecule has 1 aromatic rings. The maximum atomic E-state index is 12.6. The molecule has 1 aliphatic heterocycles. The number of piperazine rings is 1. The van der Waals surface area contributed by atoms with Crippen LogP contribution in [0.3, 0.4) is 0 Å². The van der Waals surface area contributed by atoms with Crippen LogP contribution in [0.1, 0.15) is 60.4 Å². The van der Waals surface area contributed by atoms with E-state index in [1.807, 2.05) is 15.2 Å². The monoisotopic (exact) mass is 414 g/mol. The first-order chi connectivity index (χ1) is 12.7. The Morgan fingerprint density at radius 2 is 1.78 bits per heavy atom. The highest BCUT2D eigenvalue weighted by Crippen LogP contribution is 2.27. The van der Waals surface area contributed by atoms with Gasteiger partial charge in [0.2, 0.25) is 5.91 Å². The van der Waals surface area contributed by atoms with E-state index in [0.29, 0.717) is 51.3 Å². The van der Waals surface area contributed by atoms with Crippen LogP contribution in [-0.2, 0) is 11.2 Å².